The van der Waals surface area contributed by atoms with E-state index in [0.29, 0.717) is 0 Å². The van der Waals surface area contributed by atoms with Gasteiger partial charge >= 0.3 is 0 Å². The smallest absolute Gasteiger partial charge is 0.0318 e. The summed E-state index contributed by atoms with van der Waals surface area (Å²) >= 11 is 0. The average Bonchev–Trinajstić information content (AvgIpc) is 2.41. The summed E-state index contributed by atoms with van der Waals surface area (Å²) in [5.41, 5.74) is 0. The van der Waals surface area contributed by atoms with Gasteiger partial charge in [-0.15, -0.1) is 0 Å². The lowest BCUT2D eigenvalue weighted by molar-refractivity contribution is -0.178. The summed E-state index contributed by atoms with van der Waals surface area (Å²) < 4.78 is 0. The van der Waals surface area contributed by atoms with Crippen LogP contribution in [0.15, 0.2) is 0 Å². The van der Waals surface area contributed by atoms with Gasteiger partial charge in [0.15, 0.2) is 0 Å². The summed E-state index contributed by atoms with van der Waals surface area (Å²) in [4.78, 5) is 0. The third-order valence-corrected chi connectivity index (χ3v) is 6.49. The molecule has 0 N–H and O–H groups in total. The SMILES string of the molecule is C1C2CC3C1C1C4CC2CC4C31. The van der Waals surface area contributed by atoms with E-state index in [9.17, 15) is 0 Å². The minimum absolute atomic E-state index is 1.21. The largest absolute Gasteiger partial charge is 0.0468 e. The molecule has 12 heavy (non-hydrogen) atoms. The van der Waals surface area contributed by atoms with E-state index in [2.05, 4.69) is 0 Å². The zero-order valence-electron chi connectivity index (χ0n) is 7.45. The normalized spacial score (nSPS) is 80.0. The second-order valence-corrected chi connectivity index (χ2v) is 6.27. The molecule has 4 unspecified atom stereocenters. The van der Waals surface area contributed by atoms with Gasteiger partial charge in [0.25, 0.3) is 0 Å². The van der Waals surface area contributed by atoms with E-state index < -0.39 is 0 Å². The predicted molar refractivity (Wildman–Crippen MR) is 46.4 cm³/mol. The van der Waals surface area contributed by atoms with Gasteiger partial charge in [0.2, 0.25) is 0 Å². The van der Waals surface area contributed by atoms with Gasteiger partial charge in [-0.3, -0.25) is 0 Å². The fraction of sp³-hybridized carbons (Fsp3) is 1.00. The van der Waals surface area contributed by atoms with Crippen LogP contribution in [-0.2, 0) is 0 Å². The van der Waals surface area contributed by atoms with Crippen molar-refractivity contribution >= 4 is 0 Å². The van der Waals surface area contributed by atoms with E-state index in [1.165, 1.54) is 47.3 Å². The molecule has 6 fully saturated rings. The summed E-state index contributed by atoms with van der Waals surface area (Å²) in [6.45, 7) is 0. The summed E-state index contributed by atoms with van der Waals surface area (Å²) in [6.07, 6.45) is 6.67. The molecule has 6 bridgehead atoms. The highest BCUT2D eigenvalue weighted by Crippen LogP contribution is 2.79. The quantitative estimate of drug-likeness (QED) is 0.511. The van der Waals surface area contributed by atoms with Crippen LogP contribution in [0.2, 0.25) is 0 Å². The third-order valence-electron chi connectivity index (χ3n) is 6.49. The minimum atomic E-state index is 1.21. The Hall–Kier alpha value is 0. The highest BCUT2D eigenvalue weighted by atomic mass is 14.8. The van der Waals surface area contributed by atoms with Crippen LogP contribution in [0, 0.1) is 47.3 Å². The Morgan fingerprint density at radius 3 is 1.17 bits per heavy atom. The van der Waals surface area contributed by atoms with Crippen LogP contribution in [0.3, 0.4) is 0 Å². The van der Waals surface area contributed by atoms with Crippen LogP contribution in [0.25, 0.3) is 0 Å². The van der Waals surface area contributed by atoms with Crippen molar-refractivity contribution < 1.29 is 0 Å². The molecule has 0 nitrogen and oxygen atoms in total. The lowest BCUT2D eigenvalue weighted by atomic mass is 9.39. The van der Waals surface area contributed by atoms with Crippen molar-refractivity contribution in [3.63, 3.8) is 0 Å². The topological polar surface area (TPSA) is 0 Å². The van der Waals surface area contributed by atoms with Crippen LogP contribution < -0.4 is 0 Å². The van der Waals surface area contributed by atoms with E-state index in [1.54, 1.807) is 25.7 Å². The molecule has 0 saturated heterocycles. The monoisotopic (exact) mass is 160 g/mol. The molecular formula is C12H16. The number of hydrogen-bond donors (Lipinski definition) is 0. The van der Waals surface area contributed by atoms with Crippen molar-refractivity contribution in [3.8, 4) is 0 Å². The molecule has 0 heterocycles. The maximum absolute atomic E-state index is 1.67. The first-order valence-electron chi connectivity index (χ1n) is 5.93. The molecule has 0 aromatic carbocycles. The molecule has 0 aromatic heterocycles. The van der Waals surface area contributed by atoms with Crippen LogP contribution in [-0.4, -0.2) is 0 Å². The van der Waals surface area contributed by atoms with Gasteiger partial charge in [-0.2, -0.15) is 0 Å². The standard InChI is InChI=1S/C12H16/c1-5-2-8-7(1)11-9-3-6(5)4-10(9)12(8)11/h5-12H,1-4H2. The zero-order chi connectivity index (χ0) is 7.45. The lowest BCUT2D eigenvalue weighted by Gasteiger charge is -2.65. The second kappa shape index (κ2) is 1.40. The fourth-order valence-electron chi connectivity index (χ4n) is 6.32. The van der Waals surface area contributed by atoms with Crippen LogP contribution in [0.1, 0.15) is 25.7 Å². The number of hydrogen-bond acceptors (Lipinski definition) is 0. The van der Waals surface area contributed by atoms with Gasteiger partial charge in [0.1, 0.15) is 0 Å². The maximum atomic E-state index is 1.67. The first kappa shape index (κ1) is 5.67. The summed E-state index contributed by atoms with van der Waals surface area (Å²) in [7, 11) is 0. The molecule has 6 rings (SSSR count). The Balaban J connectivity index is 1.77. The van der Waals surface area contributed by atoms with Crippen LogP contribution >= 0.6 is 0 Å². The third kappa shape index (κ3) is 0.352. The molecule has 0 spiro atoms. The molecule has 0 aromatic rings. The van der Waals surface area contributed by atoms with Gasteiger partial charge in [0.05, 0.1) is 0 Å². The van der Waals surface area contributed by atoms with Gasteiger partial charge in [0, 0.05) is 0 Å². The highest BCUT2D eigenvalue weighted by Gasteiger charge is 2.73. The zero-order valence-corrected chi connectivity index (χ0v) is 7.45. The van der Waals surface area contributed by atoms with E-state index in [1.807, 2.05) is 0 Å². The van der Waals surface area contributed by atoms with Crippen molar-refractivity contribution in [1.82, 2.24) is 0 Å². The minimum Gasteiger partial charge on any atom is -0.0468 e. The average molecular weight is 160 g/mol. The molecule has 64 valence electrons. The summed E-state index contributed by atoms with van der Waals surface area (Å²) in [5, 5.41) is 0. The fourth-order valence-corrected chi connectivity index (χ4v) is 6.32. The first-order valence-corrected chi connectivity index (χ1v) is 5.93. The Morgan fingerprint density at radius 1 is 0.500 bits per heavy atom. The molecule has 4 atom stereocenters. The molecule has 0 radical (unpaired) electrons. The van der Waals surface area contributed by atoms with Crippen molar-refractivity contribution in [2.45, 2.75) is 25.7 Å². The van der Waals surface area contributed by atoms with Gasteiger partial charge in [-0.05, 0) is 73.0 Å². The second-order valence-electron chi connectivity index (χ2n) is 6.27. The molecular weight excluding hydrogens is 144 g/mol. The maximum Gasteiger partial charge on any atom is -0.0318 e. The van der Waals surface area contributed by atoms with E-state index in [4.69, 9.17) is 0 Å². The molecule has 6 saturated carbocycles. The first-order chi connectivity index (χ1) is 5.93. The summed E-state index contributed by atoms with van der Waals surface area (Å²) in [6, 6.07) is 0. The van der Waals surface area contributed by atoms with Crippen molar-refractivity contribution in [2.24, 2.45) is 47.3 Å². The lowest BCUT2D eigenvalue weighted by Crippen LogP contribution is -2.61. The molecule has 0 heteroatoms. The van der Waals surface area contributed by atoms with Gasteiger partial charge < -0.3 is 0 Å². The van der Waals surface area contributed by atoms with E-state index in [-0.39, 0.29) is 0 Å². The molecule has 6 aliphatic rings. The Labute approximate surface area is 73.7 Å². The van der Waals surface area contributed by atoms with E-state index >= 15 is 0 Å². The van der Waals surface area contributed by atoms with Crippen molar-refractivity contribution in [2.75, 3.05) is 0 Å². The van der Waals surface area contributed by atoms with E-state index in [0.717, 1.165) is 0 Å². The molecule has 0 amide bonds. The van der Waals surface area contributed by atoms with Gasteiger partial charge in [-0.25, -0.2) is 0 Å². The highest BCUT2D eigenvalue weighted by molar-refractivity contribution is 5.21. The van der Waals surface area contributed by atoms with Crippen molar-refractivity contribution in [3.05, 3.63) is 0 Å². The Bertz CT molecular complexity index is 217. The summed E-state index contributed by atoms with van der Waals surface area (Å²) in [5.74, 6) is 10.0. The Morgan fingerprint density at radius 2 is 0.833 bits per heavy atom. The predicted octanol–water partition coefficient (Wildman–Crippen LogP) is 2.54. The van der Waals surface area contributed by atoms with Gasteiger partial charge in [-0.1, -0.05) is 0 Å². The van der Waals surface area contributed by atoms with Crippen LogP contribution in [0.5, 0.6) is 0 Å². The number of rotatable bonds is 0. The molecule has 6 aliphatic carbocycles. The Kier molecular flexibility index (Phi) is 0.663. The van der Waals surface area contributed by atoms with Crippen molar-refractivity contribution in [1.29, 1.82) is 0 Å². The molecule has 0 aliphatic heterocycles. The van der Waals surface area contributed by atoms with Crippen LogP contribution in [0.4, 0.5) is 0 Å².